The number of aromatic nitrogens is 2. The van der Waals surface area contributed by atoms with E-state index in [1.54, 1.807) is 12.1 Å². The molecule has 0 spiro atoms. The number of piperidine rings is 1. The van der Waals surface area contributed by atoms with Crippen molar-refractivity contribution in [3.63, 3.8) is 0 Å². The van der Waals surface area contributed by atoms with Crippen LogP contribution < -0.4 is 5.32 Å². The predicted molar refractivity (Wildman–Crippen MR) is 130 cm³/mol. The number of amides is 2. The quantitative estimate of drug-likeness (QED) is 0.519. The number of halogens is 1. The Morgan fingerprint density at radius 2 is 1.78 bits per heavy atom. The standard InChI is InChI=1S/C24H27ClN4O2S/c1-16-11-17(2)13-28(12-16)23(31)14-29-21-10-6-5-9-20(21)27-24(29)32-15-22(30)26-19-8-4-3-7-18(19)25/h3-10,16-17H,11-15H2,1-2H3,(H,26,30)/t16-,17-/m1/s1. The lowest BCUT2D eigenvalue weighted by Gasteiger charge is -2.35. The Bertz CT molecular complexity index is 1120. The molecule has 4 rings (SSSR count). The summed E-state index contributed by atoms with van der Waals surface area (Å²) in [6.07, 6.45) is 1.15. The van der Waals surface area contributed by atoms with Gasteiger partial charge in [-0.2, -0.15) is 0 Å². The molecule has 0 unspecified atom stereocenters. The summed E-state index contributed by atoms with van der Waals surface area (Å²) in [6, 6.07) is 14.9. The molecule has 3 aromatic rings. The second-order valence-corrected chi connectivity index (χ2v) is 9.88. The Morgan fingerprint density at radius 1 is 1.09 bits per heavy atom. The van der Waals surface area contributed by atoms with Crippen molar-refractivity contribution in [1.82, 2.24) is 14.5 Å². The molecule has 168 valence electrons. The Balaban J connectivity index is 1.49. The molecule has 0 bridgehead atoms. The minimum atomic E-state index is -0.174. The van der Waals surface area contributed by atoms with Crippen molar-refractivity contribution in [2.45, 2.75) is 32.0 Å². The van der Waals surface area contributed by atoms with Crippen molar-refractivity contribution in [2.24, 2.45) is 11.8 Å². The van der Waals surface area contributed by atoms with Crippen LogP contribution in [0, 0.1) is 11.8 Å². The SMILES string of the molecule is C[C@@H]1C[C@@H](C)CN(C(=O)Cn2c(SCC(=O)Nc3ccccc3Cl)nc3ccccc32)C1. The summed E-state index contributed by atoms with van der Waals surface area (Å²) in [5, 5.41) is 3.99. The fourth-order valence-electron chi connectivity index (χ4n) is 4.30. The van der Waals surface area contributed by atoms with Gasteiger partial charge in [-0.1, -0.05) is 61.5 Å². The third kappa shape index (κ3) is 5.27. The lowest BCUT2D eigenvalue weighted by Crippen LogP contribution is -2.44. The van der Waals surface area contributed by atoms with Gasteiger partial charge in [0, 0.05) is 13.1 Å². The van der Waals surface area contributed by atoms with Crippen LogP contribution in [0.25, 0.3) is 11.0 Å². The van der Waals surface area contributed by atoms with Gasteiger partial charge in [0.25, 0.3) is 0 Å². The van der Waals surface area contributed by atoms with Gasteiger partial charge in [-0.3, -0.25) is 9.59 Å². The first kappa shape index (κ1) is 22.7. The molecule has 2 amide bonds. The van der Waals surface area contributed by atoms with Crippen LogP contribution in [0.3, 0.4) is 0 Å². The van der Waals surface area contributed by atoms with E-state index in [2.05, 4.69) is 24.1 Å². The molecule has 0 radical (unpaired) electrons. The molecule has 0 aliphatic carbocycles. The van der Waals surface area contributed by atoms with Gasteiger partial charge >= 0.3 is 0 Å². The summed E-state index contributed by atoms with van der Waals surface area (Å²) in [4.78, 5) is 32.3. The second-order valence-electron chi connectivity index (χ2n) is 8.53. The number of carbonyl (C=O) groups excluding carboxylic acids is 2. The molecule has 1 saturated heterocycles. The molecular weight excluding hydrogens is 444 g/mol. The van der Waals surface area contributed by atoms with Crippen LogP contribution in [-0.4, -0.2) is 45.1 Å². The van der Waals surface area contributed by atoms with Gasteiger partial charge in [-0.25, -0.2) is 4.98 Å². The molecule has 1 fully saturated rings. The van der Waals surface area contributed by atoms with Gasteiger partial charge in [-0.15, -0.1) is 0 Å². The first-order chi connectivity index (χ1) is 15.4. The number of hydrogen-bond donors (Lipinski definition) is 1. The van der Waals surface area contributed by atoms with E-state index in [0.29, 0.717) is 27.7 Å². The highest BCUT2D eigenvalue weighted by Gasteiger charge is 2.26. The van der Waals surface area contributed by atoms with Crippen LogP contribution in [0.15, 0.2) is 53.7 Å². The van der Waals surface area contributed by atoms with E-state index in [-0.39, 0.29) is 24.1 Å². The first-order valence-corrected chi connectivity index (χ1v) is 12.2. The molecule has 32 heavy (non-hydrogen) atoms. The number of carbonyl (C=O) groups is 2. The Hall–Kier alpha value is -2.51. The molecule has 2 heterocycles. The minimum absolute atomic E-state index is 0.0916. The maximum Gasteiger partial charge on any atom is 0.242 e. The maximum absolute atomic E-state index is 13.1. The van der Waals surface area contributed by atoms with Crippen molar-refractivity contribution in [2.75, 3.05) is 24.2 Å². The van der Waals surface area contributed by atoms with E-state index in [4.69, 9.17) is 11.6 Å². The van der Waals surface area contributed by atoms with Crippen LogP contribution in [0.2, 0.25) is 5.02 Å². The van der Waals surface area contributed by atoms with Crippen LogP contribution >= 0.6 is 23.4 Å². The summed E-state index contributed by atoms with van der Waals surface area (Å²) in [6.45, 7) is 6.19. The first-order valence-electron chi connectivity index (χ1n) is 10.8. The van der Waals surface area contributed by atoms with Gasteiger partial charge < -0.3 is 14.8 Å². The van der Waals surface area contributed by atoms with Crippen molar-refractivity contribution in [3.05, 3.63) is 53.6 Å². The van der Waals surface area contributed by atoms with Gasteiger partial charge in [-0.05, 0) is 42.5 Å². The van der Waals surface area contributed by atoms with Gasteiger partial charge in [0.1, 0.15) is 6.54 Å². The van der Waals surface area contributed by atoms with Gasteiger partial charge in [0.2, 0.25) is 11.8 Å². The van der Waals surface area contributed by atoms with E-state index in [1.165, 1.54) is 11.8 Å². The molecule has 8 heteroatoms. The summed E-state index contributed by atoms with van der Waals surface area (Å²) in [5.74, 6) is 1.09. The van der Waals surface area contributed by atoms with E-state index >= 15 is 0 Å². The molecule has 1 aromatic heterocycles. The highest BCUT2D eigenvalue weighted by Crippen LogP contribution is 2.27. The topological polar surface area (TPSA) is 67.2 Å². The Kier molecular flexibility index (Phi) is 7.06. The third-order valence-electron chi connectivity index (χ3n) is 5.61. The summed E-state index contributed by atoms with van der Waals surface area (Å²) in [5.41, 5.74) is 2.29. The zero-order chi connectivity index (χ0) is 22.7. The fourth-order valence-corrected chi connectivity index (χ4v) is 5.29. The second kappa shape index (κ2) is 9.96. The normalized spacial score (nSPS) is 18.7. The molecule has 0 saturated carbocycles. The molecule has 1 N–H and O–H groups in total. The predicted octanol–water partition coefficient (Wildman–Crippen LogP) is 4.93. The zero-order valence-corrected chi connectivity index (χ0v) is 19.8. The van der Waals surface area contributed by atoms with Crippen LogP contribution in [0.1, 0.15) is 20.3 Å². The third-order valence-corrected chi connectivity index (χ3v) is 6.92. The highest BCUT2D eigenvalue weighted by atomic mass is 35.5. The molecule has 2 aromatic carbocycles. The van der Waals surface area contributed by atoms with Crippen LogP contribution in [-0.2, 0) is 16.1 Å². The molecule has 2 atom stereocenters. The minimum Gasteiger partial charge on any atom is -0.341 e. The van der Waals surface area contributed by atoms with E-state index < -0.39 is 0 Å². The van der Waals surface area contributed by atoms with E-state index in [9.17, 15) is 9.59 Å². The number of hydrogen-bond acceptors (Lipinski definition) is 4. The summed E-state index contributed by atoms with van der Waals surface area (Å²) in [7, 11) is 0. The van der Waals surface area contributed by atoms with E-state index in [0.717, 1.165) is 30.5 Å². The number of rotatable bonds is 6. The number of para-hydroxylation sites is 3. The number of likely N-dealkylation sites (tertiary alicyclic amines) is 1. The molecule has 6 nitrogen and oxygen atoms in total. The van der Waals surface area contributed by atoms with Gasteiger partial charge in [0.15, 0.2) is 5.16 Å². The average Bonchev–Trinajstić information content (AvgIpc) is 3.10. The Morgan fingerprint density at radius 3 is 2.53 bits per heavy atom. The van der Waals surface area contributed by atoms with Crippen molar-refractivity contribution >= 4 is 51.9 Å². The molecule has 1 aliphatic rings. The summed E-state index contributed by atoms with van der Waals surface area (Å²) >= 11 is 7.46. The molecular formula is C24H27ClN4O2S. The monoisotopic (exact) mass is 470 g/mol. The maximum atomic E-state index is 13.1. The number of nitrogens with zero attached hydrogens (tertiary/aromatic N) is 3. The smallest absolute Gasteiger partial charge is 0.242 e. The number of nitrogens with one attached hydrogen (secondary N) is 1. The van der Waals surface area contributed by atoms with Crippen molar-refractivity contribution < 1.29 is 9.59 Å². The number of fused-ring (bicyclic) bond motifs is 1. The average molecular weight is 471 g/mol. The molecule has 1 aliphatic heterocycles. The Labute approximate surface area is 197 Å². The highest BCUT2D eigenvalue weighted by molar-refractivity contribution is 7.99. The number of imidazole rings is 1. The fraction of sp³-hybridized carbons (Fsp3) is 0.375. The largest absolute Gasteiger partial charge is 0.341 e. The number of benzene rings is 2. The number of anilines is 1. The number of thioether (sulfide) groups is 1. The zero-order valence-electron chi connectivity index (χ0n) is 18.3. The van der Waals surface area contributed by atoms with Crippen molar-refractivity contribution in [1.29, 1.82) is 0 Å². The lowest BCUT2D eigenvalue weighted by molar-refractivity contribution is -0.134. The van der Waals surface area contributed by atoms with Gasteiger partial charge in [0.05, 0.1) is 27.5 Å². The van der Waals surface area contributed by atoms with Crippen LogP contribution in [0.4, 0.5) is 5.69 Å². The van der Waals surface area contributed by atoms with Crippen LogP contribution in [0.5, 0.6) is 0 Å². The summed E-state index contributed by atoms with van der Waals surface area (Å²) < 4.78 is 1.93. The lowest BCUT2D eigenvalue weighted by atomic mass is 9.92. The van der Waals surface area contributed by atoms with E-state index in [1.807, 2.05) is 45.9 Å². The van der Waals surface area contributed by atoms with Crippen molar-refractivity contribution in [3.8, 4) is 0 Å².